The Kier molecular flexibility index (Phi) is 14.9. The van der Waals surface area contributed by atoms with E-state index in [1.54, 1.807) is 6.07 Å². The van der Waals surface area contributed by atoms with Crippen molar-refractivity contribution in [1.29, 1.82) is 0 Å². The van der Waals surface area contributed by atoms with Crippen LogP contribution in [0, 0.1) is 6.07 Å². The number of rotatable bonds is 6. The summed E-state index contributed by atoms with van der Waals surface area (Å²) in [5.41, 5.74) is 0. The fraction of sp³-hybridized carbons (Fsp3) is 0. The molecule has 0 aliphatic heterocycles. The summed E-state index contributed by atoms with van der Waals surface area (Å²) < 4.78 is 0. The van der Waals surface area contributed by atoms with Gasteiger partial charge < -0.3 is 17.7 Å². The maximum Gasteiger partial charge on any atom is 2.00 e. The third-order valence-electron chi connectivity index (χ3n) is 7.15. The number of benzene rings is 7. The van der Waals surface area contributed by atoms with Crippen LogP contribution in [-0.4, -0.2) is 5.11 Å². The summed E-state index contributed by atoms with van der Waals surface area (Å²) in [5, 5.41) is 17.8. The van der Waals surface area contributed by atoms with Crippen LogP contribution >= 0.6 is 15.8 Å². The number of phenolic OH excluding ortho intramolecular Hbond substituents is 1. The van der Waals surface area contributed by atoms with Crippen LogP contribution in [0.15, 0.2) is 205 Å². The van der Waals surface area contributed by atoms with E-state index in [-0.39, 0.29) is 22.2 Å². The van der Waals surface area contributed by atoms with Crippen LogP contribution in [0.25, 0.3) is 0 Å². The van der Waals surface area contributed by atoms with Crippen LogP contribution in [0.2, 0.25) is 0 Å². The zero-order valence-corrected chi connectivity index (χ0v) is 29.5. The summed E-state index contributed by atoms with van der Waals surface area (Å²) in [6.07, 6.45) is 0. The van der Waals surface area contributed by atoms with Crippen molar-refractivity contribution in [2.75, 3.05) is 0 Å². The second kappa shape index (κ2) is 19.5. The fourth-order valence-electron chi connectivity index (χ4n) is 5.06. The molecule has 0 radical (unpaired) electrons. The molecule has 47 heavy (non-hydrogen) atoms. The molecule has 0 spiro atoms. The van der Waals surface area contributed by atoms with E-state index in [4.69, 9.17) is 12.6 Å². The molecule has 0 aromatic heterocycles. The number of hydrogen-bond donors (Lipinski definition) is 1. The SMILES string of the molecule is Oc1ccc([S-])c([PH+](c2ccccc2)c2ccccc2)c1.[Ni+2].[c-]1ccccc1.c1ccc([PH+](c2ccccc2)c2ccccc2)cc1. The first-order chi connectivity index (χ1) is 22.7. The summed E-state index contributed by atoms with van der Waals surface area (Å²) in [4.78, 5) is 0.814. The van der Waals surface area contributed by atoms with Gasteiger partial charge in [0, 0.05) is 6.07 Å². The van der Waals surface area contributed by atoms with E-state index in [0.29, 0.717) is 0 Å². The van der Waals surface area contributed by atoms with Crippen LogP contribution in [0.4, 0.5) is 0 Å². The molecule has 0 atom stereocenters. The van der Waals surface area contributed by atoms with E-state index in [2.05, 4.69) is 146 Å². The minimum atomic E-state index is -1.19. The summed E-state index contributed by atoms with van der Waals surface area (Å²) in [7, 11) is -2.07. The van der Waals surface area contributed by atoms with E-state index in [1.165, 1.54) is 26.5 Å². The standard InChI is InChI=1S/C18H15OPS.C18H15P.C6H5.Ni/c19-14-11-12-18(21)17(13-14)20(15-7-3-1-4-8-15)16-9-5-2-6-10-16;1-4-10-16(11-5-1)19(17-12-6-2-7-13-17)18-14-8-3-9-15-18;1-2-4-6-5-3-1;/h1-13,19,21H;1-15H;1-5H;/q;;-1;+2/p+1. The van der Waals surface area contributed by atoms with Crippen molar-refractivity contribution in [3.8, 4) is 5.75 Å². The van der Waals surface area contributed by atoms with E-state index in [9.17, 15) is 5.11 Å². The first-order valence-electron chi connectivity index (χ1n) is 15.1. The third kappa shape index (κ3) is 10.7. The van der Waals surface area contributed by atoms with E-state index >= 15 is 0 Å². The van der Waals surface area contributed by atoms with Gasteiger partial charge in [0.2, 0.25) is 0 Å². The molecule has 0 saturated heterocycles. The minimum absolute atomic E-state index is 0. The van der Waals surface area contributed by atoms with Crippen molar-refractivity contribution in [2.24, 2.45) is 0 Å². The number of phenols is 1. The maximum atomic E-state index is 9.85. The molecule has 7 aromatic carbocycles. The van der Waals surface area contributed by atoms with Gasteiger partial charge in [-0.05, 0) is 66.7 Å². The van der Waals surface area contributed by atoms with Crippen LogP contribution < -0.4 is 31.8 Å². The van der Waals surface area contributed by atoms with Crippen molar-refractivity contribution in [3.05, 3.63) is 206 Å². The molecule has 0 aliphatic rings. The molecule has 0 aliphatic carbocycles. The Bertz CT molecular complexity index is 1690. The number of aromatic hydroxyl groups is 1. The van der Waals surface area contributed by atoms with Gasteiger partial charge in [-0.1, -0.05) is 97.1 Å². The average Bonchev–Trinajstić information content (AvgIpc) is 3.14. The molecule has 5 heteroatoms. The Balaban J connectivity index is 0.000000178. The zero-order chi connectivity index (χ0) is 31.8. The second-order valence-electron chi connectivity index (χ2n) is 10.3. The average molecular weight is 709 g/mol. The van der Waals surface area contributed by atoms with Crippen LogP contribution in [0.1, 0.15) is 0 Å². The van der Waals surface area contributed by atoms with Crippen molar-refractivity contribution < 1.29 is 21.6 Å². The topological polar surface area (TPSA) is 20.2 Å². The van der Waals surface area contributed by atoms with Gasteiger partial charge in [-0.25, -0.2) is 0 Å². The predicted molar refractivity (Wildman–Crippen MR) is 206 cm³/mol. The smallest absolute Gasteiger partial charge is 0.776 e. The molecule has 0 amide bonds. The van der Waals surface area contributed by atoms with Crippen molar-refractivity contribution in [1.82, 2.24) is 0 Å². The van der Waals surface area contributed by atoms with Crippen LogP contribution in [-0.2, 0) is 29.1 Å². The quantitative estimate of drug-likeness (QED) is 0.0839. The molecule has 7 rings (SSSR count). The Morgan fingerprint density at radius 2 is 0.723 bits per heavy atom. The molecule has 0 saturated carbocycles. The minimum Gasteiger partial charge on any atom is -0.776 e. The Morgan fingerprint density at radius 1 is 0.404 bits per heavy atom. The zero-order valence-electron chi connectivity index (χ0n) is 25.7. The molecular formula is C42H36NiOP2S+2. The molecule has 0 unspecified atom stereocenters. The van der Waals surface area contributed by atoms with Gasteiger partial charge in [-0.3, -0.25) is 0 Å². The van der Waals surface area contributed by atoms with Crippen molar-refractivity contribution >= 4 is 60.3 Å². The second-order valence-corrected chi connectivity index (χ2v) is 15.7. The van der Waals surface area contributed by atoms with Gasteiger partial charge in [-0.2, -0.15) is 36.4 Å². The molecule has 234 valence electrons. The molecule has 7 aromatic rings. The first kappa shape index (κ1) is 35.8. The molecule has 0 heterocycles. The summed E-state index contributed by atoms with van der Waals surface area (Å²) in [6.45, 7) is 0. The van der Waals surface area contributed by atoms with Crippen LogP contribution in [0.5, 0.6) is 5.75 Å². The Labute approximate surface area is 297 Å². The predicted octanol–water partition coefficient (Wildman–Crippen LogP) is 7.45. The summed E-state index contributed by atoms with van der Waals surface area (Å²) in [5.74, 6) is 0.271. The normalized spacial score (nSPS) is 10.1. The molecule has 1 N–H and O–H groups in total. The van der Waals surface area contributed by atoms with Crippen LogP contribution in [0.3, 0.4) is 0 Å². The molecular weight excluding hydrogens is 673 g/mol. The molecule has 1 nitrogen and oxygen atoms in total. The summed E-state index contributed by atoms with van der Waals surface area (Å²) >= 11 is 5.50. The molecule has 0 bridgehead atoms. The van der Waals surface area contributed by atoms with Gasteiger partial charge in [0.15, 0.2) is 0 Å². The van der Waals surface area contributed by atoms with Gasteiger partial charge in [0.05, 0.1) is 21.1 Å². The first-order valence-corrected chi connectivity index (χ1v) is 18.5. The van der Waals surface area contributed by atoms with Gasteiger partial charge >= 0.3 is 16.5 Å². The van der Waals surface area contributed by atoms with E-state index < -0.39 is 15.8 Å². The van der Waals surface area contributed by atoms with Gasteiger partial charge in [0.1, 0.15) is 32.3 Å². The maximum absolute atomic E-state index is 9.85. The Morgan fingerprint density at radius 3 is 1.02 bits per heavy atom. The van der Waals surface area contributed by atoms with Gasteiger partial charge in [0.25, 0.3) is 0 Å². The third-order valence-corrected chi connectivity index (χ3v) is 13.2. The Hall–Kier alpha value is -4.09. The molecule has 0 fully saturated rings. The monoisotopic (exact) mass is 708 g/mol. The van der Waals surface area contributed by atoms with Crippen molar-refractivity contribution in [2.45, 2.75) is 4.90 Å². The largest absolute Gasteiger partial charge is 2.00 e. The number of hydrogen-bond acceptors (Lipinski definition) is 2. The fourth-order valence-corrected chi connectivity index (χ4v) is 10.7. The van der Waals surface area contributed by atoms with Crippen molar-refractivity contribution in [3.63, 3.8) is 0 Å². The summed E-state index contributed by atoms with van der Waals surface area (Å²) in [6, 6.07) is 71.1. The van der Waals surface area contributed by atoms with Gasteiger partial charge in [-0.15, -0.1) is 4.90 Å². The van der Waals surface area contributed by atoms with E-state index in [1.807, 2.05) is 54.6 Å². The van der Waals surface area contributed by atoms with E-state index in [0.717, 1.165) is 10.2 Å².